The first kappa shape index (κ1) is 13.6. The molecule has 1 aliphatic rings. The molecule has 0 bridgehead atoms. The van der Waals surface area contributed by atoms with Gasteiger partial charge in [-0.25, -0.2) is 0 Å². The van der Waals surface area contributed by atoms with E-state index in [0.29, 0.717) is 0 Å². The zero-order valence-electron chi connectivity index (χ0n) is 11.8. The van der Waals surface area contributed by atoms with Gasteiger partial charge in [-0.15, -0.1) is 0 Å². The van der Waals surface area contributed by atoms with Crippen molar-refractivity contribution < 1.29 is 4.74 Å². The minimum atomic E-state index is 0.151. The standard InChI is InChI=1S/C16H25NO/c1-4-13-5-7-14(8-6-13)16(11-18-12-16)15(2,3)9-10-17/h5-8H,4,9-12,17H2,1-3H3. The van der Waals surface area contributed by atoms with Crippen molar-refractivity contribution in [1.82, 2.24) is 0 Å². The van der Waals surface area contributed by atoms with Crippen LogP contribution >= 0.6 is 0 Å². The molecule has 2 N–H and O–H groups in total. The number of hydrogen-bond acceptors (Lipinski definition) is 2. The topological polar surface area (TPSA) is 35.2 Å². The van der Waals surface area contributed by atoms with Gasteiger partial charge in [0.15, 0.2) is 0 Å². The maximum atomic E-state index is 5.77. The lowest BCUT2D eigenvalue weighted by Gasteiger charge is -2.53. The van der Waals surface area contributed by atoms with Crippen LogP contribution in [0.15, 0.2) is 24.3 Å². The molecule has 0 aromatic heterocycles. The Balaban J connectivity index is 2.31. The Labute approximate surface area is 111 Å². The average molecular weight is 247 g/mol. The van der Waals surface area contributed by atoms with Crippen LogP contribution in [0.5, 0.6) is 0 Å². The van der Waals surface area contributed by atoms with E-state index in [9.17, 15) is 0 Å². The summed E-state index contributed by atoms with van der Waals surface area (Å²) in [5, 5.41) is 0. The van der Waals surface area contributed by atoms with Gasteiger partial charge in [0, 0.05) is 5.41 Å². The molecule has 0 amide bonds. The van der Waals surface area contributed by atoms with Crippen molar-refractivity contribution in [3.8, 4) is 0 Å². The van der Waals surface area contributed by atoms with E-state index in [2.05, 4.69) is 45.0 Å². The number of benzene rings is 1. The van der Waals surface area contributed by atoms with Gasteiger partial charge < -0.3 is 10.5 Å². The van der Waals surface area contributed by atoms with Crippen LogP contribution in [-0.2, 0) is 16.6 Å². The van der Waals surface area contributed by atoms with Crippen LogP contribution < -0.4 is 5.73 Å². The summed E-state index contributed by atoms with van der Waals surface area (Å²) in [5.41, 5.74) is 8.91. The summed E-state index contributed by atoms with van der Waals surface area (Å²) in [6.45, 7) is 9.21. The highest BCUT2D eigenvalue weighted by Crippen LogP contribution is 2.49. The summed E-state index contributed by atoms with van der Waals surface area (Å²) < 4.78 is 5.54. The van der Waals surface area contributed by atoms with Crippen LogP contribution in [0.2, 0.25) is 0 Å². The molecule has 1 heterocycles. The Bertz CT molecular complexity index is 390. The first-order chi connectivity index (χ1) is 8.55. The van der Waals surface area contributed by atoms with Crippen LogP contribution in [0.1, 0.15) is 38.3 Å². The lowest BCUT2D eigenvalue weighted by atomic mass is 9.59. The summed E-state index contributed by atoms with van der Waals surface area (Å²) in [6, 6.07) is 9.04. The largest absolute Gasteiger partial charge is 0.379 e. The quantitative estimate of drug-likeness (QED) is 0.868. The van der Waals surface area contributed by atoms with Gasteiger partial charge in [0.25, 0.3) is 0 Å². The van der Waals surface area contributed by atoms with E-state index in [1.54, 1.807) is 0 Å². The summed E-state index contributed by atoms with van der Waals surface area (Å²) in [6.07, 6.45) is 2.13. The summed E-state index contributed by atoms with van der Waals surface area (Å²) in [5.74, 6) is 0. The van der Waals surface area contributed by atoms with Gasteiger partial charge in [0.05, 0.1) is 13.2 Å². The normalized spacial score (nSPS) is 18.4. The fraction of sp³-hybridized carbons (Fsp3) is 0.625. The highest BCUT2D eigenvalue weighted by Gasteiger charge is 2.51. The molecule has 1 aromatic rings. The second kappa shape index (κ2) is 5.02. The van der Waals surface area contributed by atoms with E-state index in [0.717, 1.165) is 32.6 Å². The van der Waals surface area contributed by atoms with E-state index in [1.165, 1.54) is 11.1 Å². The SMILES string of the molecule is CCc1ccc(C2(C(C)(C)CCN)COC2)cc1. The molecule has 0 spiro atoms. The Morgan fingerprint density at radius 2 is 1.83 bits per heavy atom. The Morgan fingerprint density at radius 3 is 2.22 bits per heavy atom. The number of ether oxygens (including phenoxy) is 1. The van der Waals surface area contributed by atoms with Gasteiger partial charge in [-0.2, -0.15) is 0 Å². The molecule has 0 saturated carbocycles. The lowest BCUT2D eigenvalue weighted by molar-refractivity contribution is -0.121. The van der Waals surface area contributed by atoms with E-state index >= 15 is 0 Å². The summed E-state index contributed by atoms with van der Waals surface area (Å²) in [4.78, 5) is 0. The zero-order valence-corrected chi connectivity index (χ0v) is 11.8. The predicted octanol–water partition coefficient (Wildman–Crippen LogP) is 2.89. The molecular weight excluding hydrogens is 222 g/mol. The zero-order chi connectivity index (χ0) is 13.2. The molecule has 0 unspecified atom stereocenters. The van der Waals surface area contributed by atoms with Crippen molar-refractivity contribution in [1.29, 1.82) is 0 Å². The molecule has 0 radical (unpaired) electrons. The molecule has 1 aromatic carbocycles. The molecule has 1 aliphatic heterocycles. The lowest BCUT2D eigenvalue weighted by Crippen LogP contribution is -2.57. The van der Waals surface area contributed by atoms with E-state index < -0.39 is 0 Å². The molecule has 2 rings (SSSR count). The molecular formula is C16H25NO. The molecule has 0 atom stereocenters. The number of hydrogen-bond donors (Lipinski definition) is 1. The Hall–Kier alpha value is -0.860. The van der Waals surface area contributed by atoms with Crippen LogP contribution in [0.3, 0.4) is 0 Å². The van der Waals surface area contributed by atoms with Crippen LogP contribution in [0.4, 0.5) is 0 Å². The van der Waals surface area contributed by atoms with Crippen molar-refractivity contribution in [2.45, 2.75) is 39.0 Å². The van der Waals surface area contributed by atoms with Crippen molar-refractivity contribution in [2.75, 3.05) is 19.8 Å². The van der Waals surface area contributed by atoms with Crippen molar-refractivity contribution in [3.63, 3.8) is 0 Å². The molecule has 0 aliphatic carbocycles. The molecule has 2 nitrogen and oxygen atoms in total. The van der Waals surface area contributed by atoms with Gasteiger partial charge in [0.2, 0.25) is 0 Å². The van der Waals surface area contributed by atoms with Crippen LogP contribution in [0.25, 0.3) is 0 Å². The smallest absolute Gasteiger partial charge is 0.0590 e. The molecule has 100 valence electrons. The third-order valence-electron chi connectivity index (χ3n) is 4.68. The average Bonchev–Trinajstić information content (AvgIpc) is 2.28. The highest BCUT2D eigenvalue weighted by atomic mass is 16.5. The monoisotopic (exact) mass is 247 g/mol. The van der Waals surface area contributed by atoms with Crippen molar-refractivity contribution in [3.05, 3.63) is 35.4 Å². The third-order valence-corrected chi connectivity index (χ3v) is 4.68. The Morgan fingerprint density at radius 1 is 1.22 bits per heavy atom. The fourth-order valence-corrected chi connectivity index (χ4v) is 2.91. The van der Waals surface area contributed by atoms with E-state index in [4.69, 9.17) is 10.5 Å². The second-order valence-electron chi connectivity index (χ2n) is 6.05. The van der Waals surface area contributed by atoms with Gasteiger partial charge in [-0.3, -0.25) is 0 Å². The Kier molecular flexibility index (Phi) is 3.79. The minimum Gasteiger partial charge on any atom is -0.379 e. The summed E-state index contributed by atoms with van der Waals surface area (Å²) >= 11 is 0. The molecule has 1 fully saturated rings. The minimum absolute atomic E-state index is 0.151. The molecule has 1 saturated heterocycles. The van der Waals surface area contributed by atoms with Gasteiger partial charge >= 0.3 is 0 Å². The second-order valence-corrected chi connectivity index (χ2v) is 6.05. The highest BCUT2D eigenvalue weighted by molar-refractivity contribution is 5.33. The predicted molar refractivity (Wildman–Crippen MR) is 75.8 cm³/mol. The van der Waals surface area contributed by atoms with Gasteiger partial charge in [-0.1, -0.05) is 45.0 Å². The molecule has 18 heavy (non-hydrogen) atoms. The summed E-state index contributed by atoms with van der Waals surface area (Å²) in [7, 11) is 0. The number of rotatable bonds is 5. The van der Waals surface area contributed by atoms with Crippen LogP contribution in [-0.4, -0.2) is 19.8 Å². The fourth-order valence-electron chi connectivity index (χ4n) is 2.91. The molecule has 2 heteroatoms. The van der Waals surface area contributed by atoms with E-state index in [-0.39, 0.29) is 10.8 Å². The van der Waals surface area contributed by atoms with Crippen molar-refractivity contribution in [2.24, 2.45) is 11.1 Å². The van der Waals surface area contributed by atoms with Gasteiger partial charge in [0.1, 0.15) is 0 Å². The van der Waals surface area contributed by atoms with E-state index in [1.807, 2.05) is 0 Å². The number of aryl methyl sites for hydroxylation is 1. The number of nitrogens with two attached hydrogens (primary N) is 1. The third kappa shape index (κ3) is 2.08. The van der Waals surface area contributed by atoms with Crippen LogP contribution in [0, 0.1) is 5.41 Å². The maximum Gasteiger partial charge on any atom is 0.0590 e. The van der Waals surface area contributed by atoms with Gasteiger partial charge in [-0.05, 0) is 35.9 Å². The maximum absolute atomic E-state index is 5.77. The first-order valence-corrected chi connectivity index (χ1v) is 6.93. The van der Waals surface area contributed by atoms with Crippen molar-refractivity contribution >= 4 is 0 Å². The first-order valence-electron chi connectivity index (χ1n) is 6.93.